The van der Waals surface area contributed by atoms with Gasteiger partial charge in [-0.05, 0) is 48.9 Å². The highest BCUT2D eigenvalue weighted by atomic mass is 16.2. The van der Waals surface area contributed by atoms with E-state index in [4.69, 9.17) is 0 Å². The third-order valence-electron chi connectivity index (χ3n) is 4.75. The molecule has 3 N–H and O–H groups in total. The molecule has 0 unspecified atom stereocenters. The van der Waals surface area contributed by atoms with Gasteiger partial charge < -0.3 is 10.3 Å². The van der Waals surface area contributed by atoms with Crippen LogP contribution in [0, 0.1) is 6.92 Å². The van der Waals surface area contributed by atoms with Gasteiger partial charge in [-0.15, -0.1) is 0 Å². The van der Waals surface area contributed by atoms with E-state index in [9.17, 15) is 4.79 Å². The lowest BCUT2D eigenvalue weighted by molar-refractivity contribution is 0.0942. The molecule has 4 heterocycles. The quantitative estimate of drug-likeness (QED) is 0.441. The van der Waals surface area contributed by atoms with Crippen molar-refractivity contribution in [3.05, 3.63) is 72.1 Å². The first-order valence-corrected chi connectivity index (χ1v) is 9.15. The molecule has 5 aromatic rings. The predicted octanol–water partition coefficient (Wildman–Crippen LogP) is 3.13. The average Bonchev–Trinajstić information content (AvgIpc) is 3.34. The summed E-state index contributed by atoms with van der Waals surface area (Å²) in [6, 6.07) is 11.5. The van der Waals surface area contributed by atoms with Gasteiger partial charge in [-0.2, -0.15) is 5.10 Å². The van der Waals surface area contributed by atoms with Crippen molar-refractivity contribution in [1.29, 1.82) is 0 Å². The molecule has 0 aliphatic rings. The molecule has 0 fully saturated rings. The number of aryl methyl sites for hydroxylation is 1. The summed E-state index contributed by atoms with van der Waals surface area (Å²) in [4.78, 5) is 28.3. The van der Waals surface area contributed by atoms with Crippen LogP contribution in [0.4, 0.5) is 0 Å². The standard InChI is InChI=1S/C21H17N7O/c1-12-8-13(2-7-23-12)11-24-21(29)20-25-17-9-15-16(10-18(17)26-20)27-28-19(15)14-3-5-22-6-4-14/h2-10H,11H2,1H3,(H,24,29)(H,25,26)(H,27,28). The first kappa shape index (κ1) is 17.1. The van der Waals surface area contributed by atoms with Crippen molar-refractivity contribution in [3.63, 3.8) is 0 Å². The van der Waals surface area contributed by atoms with E-state index in [1.54, 1.807) is 18.6 Å². The van der Waals surface area contributed by atoms with E-state index in [0.29, 0.717) is 12.1 Å². The van der Waals surface area contributed by atoms with Crippen molar-refractivity contribution in [3.8, 4) is 11.3 Å². The zero-order valence-electron chi connectivity index (χ0n) is 15.6. The van der Waals surface area contributed by atoms with Crippen LogP contribution < -0.4 is 5.32 Å². The second-order valence-corrected chi connectivity index (χ2v) is 6.80. The van der Waals surface area contributed by atoms with Gasteiger partial charge in [0, 0.05) is 41.8 Å². The fraction of sp³-hybridized carbons (Fsp3) is 0.0952. The van der Waals surface area contributed by atoms with Crippen LogP contribution in [0.25, 0.3) is 33.2 Å². The molecule has 29 heavy (non-hydrogen) atoms. The maximum absolute atomic E-state index is 12.5. The van der Waals surface area contributed by atoms with E-state index in [1.807, 2.05) is 43.3 Å². The molecule has 8 nitrogen and oxygen atoms in total. The Morgan fingerprint density at radius 3 is 2.76 bits per heavy atom. The fourth-order valence-corrected chi connectivity index (χ4v) is 3.34. The van der Waals surface area contributed by atoms with Gasteiger partial charge in [0.15, 0.2) is 5.82 Å². The molecule has 0 aliphatic heterocycles. The van der Waals surface area contributed by atoms with Crippen LogP contribution in [0.1, 0.15) is 21.9 Å². The topological polar surface area (TPSA) is 112 Å². The Kier molecular flexibility index (Phi) is 4.02. The molecular formula is C21H17N7O. The van der Waals surface area contributed by atoms with Crippen LogP contribution in [0.2, 0.25) is 0 Å². The van der Waals surface area contributed by atoms with Crippen molar-refractivity contribution in [2.24, 2.45) is 0 Å². The van der Waals surface area contributed by atoms with Gasteiger partial charge in [-0.3, -0.25) is 19.9 Å². The Balaban J connectivity index is 1.44. The Labute approximate surface area is 165 Å². The molecule has 0 aliphatic carbocycles. The normalized spacial score (nSPS) is 11.2. The number of nitrogens with one attached hydrogen (secondary N) is 3. The van der Waals surface area contributed by atoms with E-state index in [-0.39, 0.29) is 11.7 Å². The third kappa shape index (κ3) is 3.20. The molecule has 0 radical (unpaired) electrons. The number of H-pyrrole nitrogens is 2. The lowest BCUT2D eigenvalue weighted by atomic mass is 10.1. The largest absolute Gasteiger partial charge is 0.345 e. The monoisotopic (exact) mass is 383 g/mol. The summed E-state index contributed by atoms with van der Waals surface area (Å²) in [6.07, 6.45) is 5.19. The van der Waals surface area contributed by atoms with Crippen LogP contribution in [0.15, 0.2) is 55.0 Å². The fourth-order valence-electron chi connectivity index (χ4n) is 3.34. The molecule has 142 valence electrons. The number of aromatic nitrogens is 6. The summed E-state index contributed by atoms with van der Waals surface area (Å²) < 4.78 is 0. The van der Waals surface area contributed by atoms with Gasteiger partial charge in [-0.25, -0.2) is 4.98 Å². The number of pyridine rings is 2. The molecule has 0 saturated heterocycles. The molecule has 5 rings (SSSR count). The van der Waals surface area contributed by atoms with Gasteiger partial charge in [0.05, 0.1) is 16.6 Å². The maximum Gasteiger partial charge on any atom is 0.287 e. The van der Waals surface area contributed by atoms with Crippen LogP contribution in [-0.4, -0.2) is 36.0 Å². The van der Waals surface area contributed by atoms with Gasteiger partial charge in [0.25, 0.3) is 5.91 Å². The van der Waals surface area contributed by atoms with Crippen LogP contribution in [0.5, 0.6) is 0 Å². The van der Waals surface area contributed by atoms with E-state index in [0.717, 1.165) is 38.9 Å². The second kappa shape index (κ2) is 6.83. The van der Waals surface area contributed by atoms with Gasteiger partial charge in [0.1, 0.15) is 5.69 Å². The molecule has 4 aromatic heterocycles. The predicted molar refractivity (Wildman–Crippen MR) is 109 cm³/mol. The number of benzene rings is 1. The van der Waals surface area contributed by atoms with E-state index in [1.165, 1.54) is 0 Å². The van der Waals surface area contributed by atoms with Crippen LogP contribution >= 0.6 is 0 Å². The summed E-state index contributed by atoms with van der Waals surface area (Å²) in [5, 5.41) is 11.3. The molecule has 1 amide bonds. The molecule has 0 atom stereocenters. The number of aromatic amines is 2. The number of hydrogen-bond acceptors (Lipinski definition) is 5. The Bertz CT molecular complexity index is 1340. The molecular weight excluding hydrogens is 366 g/mol. The maximum atomic E-state index is 12.5. The number of fused-ring (bicyclic) bond motifs is 2. The third-order valence-corrected chi connectivity index (χ3v) is 4.75. The Morgan fingerprint density at radius 2 is 1.93 bits per heavy atom. The molecule has 0 spiro atoms. The first-order valence-electron chi connectivity index (χ1n) is 9.15. The molecule has 1 aromatic carbocycles. The van der Waals surface area contributed by atoms with Gasteiger partial charge >= 0.3 is 0 Å². The minimum atomic E-state index is -0.258. The van der Waals surface area contributed by atoms with Crippen LogP contribution in [0.3, 0.4) is 0 Å². The van der Waals surface area contributed by atoms with Crippen molar-refractivity contribution in [2.75, 3.05) is 0 Å². The van der Waals surface area contributed by atoms with Crippen molar-refractivity contribution >= 4 is 27.8 Å². The molecule has 0 saturated carbocycles. The minimum Gasteiger partial charge on any atom is -0.345 e. The van der Waals surface area contributed by atoms with Gasteiger partial charge in [0.2, 0.25) is 0 Å². The van der Waals surface area contributed by atoms with E-state index in [2.05, 4.69) is 35.5 Å². The minimum absolute atomic E-state index is 0.258. The van der Waals surface area contributed by atoms with Crippen molar-refractivity contribution in [2.45, 2.75) is 13.5 Å². The number of rotatable bonds is 4. The highest BCUT2D eigenvalue weighted by Crippen LogP contribution is 2.28. The second-order valence-electron chi connectivity index (χ2n) is 6.80. The van der Waals surface area contributed by atoms with Gasteiger partial charge in [-0.1, -0.05) is 0 Å². The summed E-state index contributed by atoms with van der Waals surface area (Å²) in [5.74, 6) is 0.0173. The average molecular weight is 383 g/mol. The van der Waals surface area contributed by atoms with Crippen LogP contribution in [-0.2, 0) is 6.54 Å². The smallest absolute Gasteiger partial charge is 0.287 e. The first-order chi connectivity index (χ1) is 14.2. The zero-order valence-corrected chi connectivity index (χ0v) is 15.6. The number of nitrogens with zero attached hydrogens (tertiary/aromatic N) is 4. The number of imidazole rings is 1. The summed E-state index contributed by atoms with van der Waals surface area (Å²) in [5.41, 5.74) is 6.04. The summed E-state index contributed by atoms with van der Waals surface area (Å²) >= 11 is 0. The van der Waals surface area contributed by atoms with Crippen molar-refractivity contribution in [1.82, 2.24) is 35.5 Å². The Hall–Kier alpha value is -4.07. The van der Waals surface area contributed by atoms with E-state index < -0.39 is 0 Å². The summed E-state index contributed by atoms with van der Waals surface area (Å²) in [7, 11) is 0. The lowest BCUT2D eigenvalue weighted by Crippen LogP contribution is -2.24. The number of carbonyl (C=O) groups excluding carboxylic acids is 1. The Morgan fingerprint density at radius 1 is 1.07 bits per heavy atom. The highest BCUT2D eigenvalue weighted by Gasteiger charge is 2.15. The number of hydrogen-bond donors (Lipinski definition) is 3. The zero-order chi connectivity index (χ0) is 19.8. The van der Waals surface area contributed by atoms with Crippen molar-refractivity contribution < 1.29 is 4.79 Å². The SMILES string of the molecule is Cc1cc(CNC(=O)c2nc3cc4c(-c5ccncc5)n[nH]c4cc3[nH]2)ccn1. The lowest BCUT2D eigenvalue weighted by Gasteiger charge is -2.03. The van der Waals surface area contributed by atoms with E-state index >= 15 is 0 Å². The number of carbonyl (C=O) groups is 1. The number of amides is 1. The molecule has 8 heteroatoms. The molecule has 0 bridgehead atoms. The highest BCUT2D eigenvalue weighted by molar-refractivity contribution is 6.02. The summed E-state index contributed by atoms with van der Waals surface area (Å²) in [6.45, 7) is 2.33.